The van der Waals surface area contributed by atoms with Crippen molar-refractivity contribution in [1.29, 1.82) is 0 Å². The molecule has 0 saturated heterocycles. The SMILES string of the molecule is Cc1ccc(NC(=O)c2cc(-n3ccnc3C)cc(C(F)(F)F)c2)cc1Nc1nccc(-c2cccnc2)n1. The molecule has 2 aromatic carbocycles. The summed E-state index contributed by atoms with van der Waals surface area (Å²) >= 11 is 0. The molecule has 11 heteroatoms. The predicted octanol–water partition coefficient (Wildman–Crippen LogP) is 6.36. The monoisotopic (exact) mass is 529 g/mol. The van der Waals surface area contributed by atoms with Gasteiger partial charge in [0, 0.05) is 59.2 Å². The Morgan fingerprint density at radius 2 is 1.79 bits per heavy atom. The summed E-state index contributed by atoms with van der Waals surface area (Å²) < 4.78 is 42.4. The van der Waals surface area contributed by atoms with Crippen molar-refractivity contribution in [3.05, 3.63) is 108 Å². The van der Waals surface area contributed by atoms with Crippen LogP contribution in [0.1, 0.15) is 27.3 Å². The Labute approximate surface area is 221 Å². The number of nitrogens with zero attached hydrogens (tertiary/aromatic N) is 5. The summed E-state index contributed by atoms with van der Waals surface area (Å²) in [5, 5.41) is 5.84. The van der Waals surface area contributed by atoms with Crippen LogP contribution in [-0.2, 0) is 6.18 Å². The van der Waals surface area contributed by atoms with E-state index in [2.05, 4.69) is 30.6 Å². The Kier molecular flexibility index (Phi) is 6.80. The molecule has 0 bridgehead atoms. The van der Waals surface area contributed by atoms with E-state index in [0.29, 0.717) is 28.8 Å². The van der Waals surface area contributed by atoms with Gasteiger partial charge in [0.15, 0.2) is 0 Å². The van der Waals surface area contributed by atoms with E-state index in [4.69, 9.17) is 0 Å². The number of hydrogen-bond acceptors (Lipinski definition) is 6. The van der Waals surface area contributed by atoms with E-state index in [1.165, 1.54) is 23.0 Å². The summed E-state index contributed by atoms with van der Waals surface area (Å²) in [7, 11) is 0. The summed E-state index contributed by atoms with van der Waals surface area (Å²) in [6, 6.07) is 13.8. The molecule has 0 radical (unpaired) electrons. The standard InChI is InChI=1S/C28H22F3N7O/c1-17-5-6-22(15-25(17)37-27-34-9-7-24(36-27)19-4-3-8-32-16-19)35-26(39)20-12-21(28(29,30)31)14-23(13-20)38-11-10-33-18(38)2/h3-16H,1-2H3,(H,35,39)(H,34,36,37). The first-order valence-corrected chi connectivity index (χ1v) is 11.8. The Morgan fingerprint density at radius 1 is 0.949 bits per heavy atom. The highest BCUT2D eigenvalue weighted by atomic mass is 19.4. The van der Waals surface area contributed by atoms with Gasteiger partial charge >= 0.3 is 6.18 Å². The normalized spacial score (nSPS) is 11.3. The fraction of sp³-hybridized carbons (Fsp3) is 0.107. The molecule has 2 N–H and O–H groups in total. The van der Waals surface area contributed by atoms with Crippen molar-refractivity contribution in [3.8, 4) is 16.9 Å². The molecular formula is C28H22F3N7O. The Hall–Kier alpha value is -5.06. The van der Waals surface area contributed by atoms with Crippen molar-refractivity contribution in [2.24, 2.45) is 0 Å². The number of nitrogens with one attached hydrogen (secondary N) is 2. The Morgan fingerprint density at radius 3 is 2.51 bits per heavy atom. The largest absolute Gasteiger partial charge is 0.416 e. The highest BCUT2D eigenvalue weighted by Crippen LogP contribution is 2.32. The van der Waals surface area contributed by atoms with Gasteiger partial charge in [0.25, 0.3) is 5.91 Å². The molecule has 196 valence electrons. The number of halogens is 3. The second kappa shape index (κ2) is 10.4. The smallest absolute Gasteiger partial charge is 0.324 e. The van der Waals surface area contributed by atoms with E-state index in [0.717, 1.165) is 23.3 Å². The van der Waals surface area contributed by atoms with Crippen molar-refractivity contribution in [2.45, 2.75) is 20.0 Å². The molecule has 0 aliphatic carbocycles. The molecule has 0 unspecified atom stereocenters. The highest BCUT2D eigenvalue weighted by molar-refractivity contribution is 6.05. The Balaban J connectivity index is 1.41. The van der Waals surface area contributed by atoms with Gasteiger partial charge < -0.3 is 15.2 Å². The minimum Gasteiger partial charge on any atom is -0.324 e. The van der Waals surface area contributed by atoms with Gasteiger partial charge in [-0.3, -0.25) is 9.78 Å². The molecule has 3 aromatic heterocycles. The van der Waals surface area contributed by atoms with Gasteiger partial charge in [-0.1, -0.05) is 6.07 Å². The molecule has 1 amide bonds. The first-order chi connectivity index (χ1) is 18.7. The van der Waals surface area contributed by atoms with Gasteiger partial charge in [0.05, 0.1) is 11.3 Å². The van der Waals surface area contributed by atoms with Crippen LogP contribution in [0.3, 0.4) is 0 Å². The number of imidazole rings is 1. The van der Waals surface area contributed by atoms with Crippen LogP contribution >= 0.6 is 0 Å². The number of aromatic nitrogens is 5. The number of anilines is 3. The maximum atomic E-state index is 13.6. The fourth-order valence-electron chi connectivity index (χ4n) is 3.95. The molecule has 0 saturated carbocycles. The van der Waals surface area contributed by atoms with Crippen LogP contribution in [0.4, 0.5) is 30.5 Å². The van der Waals surface area contributed by atoms with E-state index in [1.54, 1.807) is 49.8 Å². The molecule has 0 fully saturated rings. The third-order valence-corrected chi connectivity index (χ3v) is 5.97. The second-order valence-electron chi connectivity index (χ2n) is 8.73. The molecule has 39 heavy (non-hydrogen) atoms. The van der Waals surface area contributed by atoms with Gasteiger partial charge in [-0.05, 0) is 67.9 Å². The fourth-order valence-corrected chi connectivity index (χ4v) is 3.95. The summed E-state index contributed by atoms with van der Waals surface area (Å²) in [6.45, 7) is 3.53. The van der Waals surface area contributed by atoms with Crippen LogP contribution in [0.15, 0.2) is 85.6 Å². The van der Waals surface area contributed by atoms with Gasteiger partial charge in [-0.2, -0.15) is 13.2 Å². The van der Waals surface area contributed by atoms with E-state index in [-0.39, 0.29) is 11.3 Å². The number of alkyl halides is 3. The number of hydrogen-bond donors (Lipinski definition) is 2. The number of rotatable bonds is 6. The van der Waals surface area contributed by atoms with Crippen molar-refractivity contribution >= 4 is 23.2 Å². The summed E-state index contributed by atoms with van der Waals surface area (Å²) in [6.07, 6.45) is 3.37. The number of pyridine rings is 1. The van der Waals surface area contributed by atoms with Crippen molar-refractivity contribution in [2.75, 3.05) is 10.6 Å². The third-order valence-electron chi connectivity index (χ3n) is 5.97. The van der Waals surface area contributed by atoms with Crippen molar-refractivity contribution in [3.63, 3.8) is 0 Å². The topological polar surface area (TPSA) is 97.6 Å². The minimum atomic E-state index is -4.63. The average molecular weight is 530 g/mol. The van der Waals surface area contributed by atoms with Crippen LogP contribution in [-0.4, -0.2) is 30.4 Å². The van der Waals surface area contributed by atoms with Crippen molar-refractivity contribution in [1.82, 2.24) is 24.5 Å². The molecule has 8 nitrogen and oxygen atoms in total. The lowest BCUT2D eigenvalue weighted by molar-refractivity contribution is -0.137. The molecule has 5 aromatic rings. The number of aryl methyl sites for hydroxylation is 2. The number of carbonyl (C=O) groups excluding carboxylic acids is 1. The van der Waals surface area contributed by atoms with E-state index in [1.807, 2.05) is 19.1 Å². The van der Waals surface area contributed by atoms with Gasteiger partial charge in [-0.25, -0.2) is 15.0 Å². The number of benzene rings is 2. The van der Waals surface area contributed by atoms with Crippen LogP contribution in [0.2, 0.25) is 0 Å². The maximum absolute atomic E-state index is 13.6. The molecular weight excluding hydrogens is 507 g/mol. The van der Waals surface area contributed by atoms with Gasteiger partial charge in [0.1, 0.15) is 5.82 Å². The van der Waals surface area contributed by atoms with Crippen LogP contribution in [0.25, 0.3) is 16.9 Å². The Bertz CT molecular complexity index is 1650. The lowest BCUT2D eigenvalue weighted by Gasteiger charge is -2.15. The predicted molar refractivity (Wildman–Crippen MR) is 141 cm³/mol. The third kappa shape index (κ3) is 5.77. The van der Waals surface area contributed by atoms with E-state index in [9.17, 15) is 18.0 Å². The zero-order valence-corrected chi connectivity index (χ0v) is 20.9. The van der Waals surface area contributed by atoms with Crippen LogP contribution in [0.5, 0.6) is 0 Å². The second-order valence-corrected chi connectivity index (χ2v) is 8.73. The van der Waals surface area contributed by atoms with Crippen molar-refractivity contribution < 1.29 is 18.0 Å². The highest BCUT2D eigenvalue weighted by Gasteiger charge is 2.32. The maximum Gasteiger partial charge on any atom is 0.416 e. The molecule has 0 spiro atoms. The van der Waals surface area contributed by atoms with Gasteiger partial charge in [-0.15, -0.1) is 0 Å². The average Bonchev–Trinajstić information content (AvgIpc) is 3.36. The number of amides is 1. The molecule has 3 heterocycles. The zero-order valence-electron chi connectivity index (χ0n) is 20.9. The van der Waals surface area contributed by atoms with Crippen LogP contribution in [0, 0.1) is 13.8 Å². The minimum absolute atomic E-state index is 0.143. The van der Waals surface area contributed by atoms with E-state index < -0.39 is 17.6 Å². The molecule has 0 aliphatic heterocycles. The molecule has 5 rings (SSSR count). The van der Waals surface area contributed by atoms with E-state index >= 15 is 0 Å². The summed E-state index contributed by atoms with van der Waals surface area (Å²) in [5.41, 5.74) is 2.46. The lowest BCUT2D eigenvalue weighted by atomic mass is 10.1. The summed E-state index contributed by atoms with van der Waals surface area (Å²) in [4.78, 5) is 30.1. The first-order valence-electron chi connectivity index (χ1n) is 11.8. The quantitative estimate of drug-likeness (QED) is 0.266. The lowest BCUT2D eigenvalue weighted by Crippen LogP contribution is -2.15. The summed E-state index contributed by atoms with van der Waals surface area (Å²) in [5.74, 6) is 0.135. The molecule has 0 aliphatic rings. The first kappa shape index (κ1) is 25.6. The number of carbonyl (C=O) groups is 1. The molecule has 0 atom stereocenters. The zero-order chi connectivity index (χ0) is 27.6. The van der Waals surface area contributed by atoms with Gasteiger partial charge in [0.2, 0.25) is 5.95 Å². The van der Waals surface area contributed by atoms with Crippen LogP contribution < -0.4 is 10.6 Å².